The van der Waals surface area contributed by atoms with Crippen molar-refractivity contribution in [3.63, 3.8) is 0 Å². The molecule has 0 heterocycles. The Hall–Kier alpha value is -0.930. The zero-order valence-corrected chi connectivity index (χ0v) is 13.5. The molecule has 0 bridgehead atoms. The molecule has 0 amide bonds. The minimum atomic E-state index is -0.114. The van der Waals surface area contributed by atoms with Crippen molar-refractivity contribution >= 4 is 0 Å². The second-order valence-corrected chi connectivity index (χ2v) is 6.10. The van der Waals surface area contributed by atoms with Crippen molar-refractivity contribution < 1.29 is 4.39 Å². The summed E-state index contributed by atoms with van der Waals surface area (Å²) in [6, 6.07) is 7.57. The summed E-state index contributed by atoms with van der Waals surface area (Å²) < 4.78 is 13.8. The maximum absolute atomic E-state index is 13.8. The molecule has 2 nitrogen and oxygen atoms in total. The molecule has 0 radical (unpaired) electrons. The van der Waals surface area contributed by atoms with E-state index in [4.69, 9.17) is 0 Å². The quantitative estimate of drug-likeness (QED) is 0.728. The largest absolute Gasteiger partial charge is 0.316 e. The molecule has 0 saturated heterocycles. The van der Waals surface area contributed by atoms with E-state index in [1.807, 2.05) is 12.1 Å². The van der Waals surface area contributed by atoms with Gasteiger partial charge in [0.15, 0.2) is 0 Å². The number of benzene rings is 1. The maximum Gasteiger partial charge on any atom is 0.127 e. The highest BCUT2D eigenvalue weighted by molar-refractivity contribution is 5.20. The predicted molar refractivity (Wildman–Crippen MR) is 84.4 cm³/mol. The van der Waals surface area contributed by atoms with Crippen molar-refractivity contribution in [1.29, 1.82) is 0 Å². The number of hydrogen-bond acceptors (Lipinski definition) is 2. The van der Waals surface area contributed by atoms with Crippen LogP contribution in [0.5, 0.6) is 0 Å². The minimum absolute atomic E-state index is 0.0938. The normalized spacial score (nSPS) is 14.8. The fourth-order valence-corrected chi connectivity index (χ4v) is 2.32. The van der Waals surface area contributed by atoms with Crippen LogP contribution in [0.4, 0.5) is 4.39 Å². The van der Waals surface area contributed by atoms with Gasteiger partial charge >= 0.3 is 0 Å². The Morgan fingerprint density at radius 2 is 1.80 bits per heavy atom. The summed E-state index contributed by atoms with van der Waals surface area (Å²) in [7, 11) is 2.07. The Labute approximate surface area is 123 Å². The Balaban J connectivity index is 2.47. The average Bonchev–Trinajstić information content (AvgIpc) is 2.42. The van der Waals surface area contributed by atoms with Crippen LogP contribution in [0.1, 0.15) is 45.7 Å². The first-order valence-corrected chi connectivity index (χ1v) is 7.60. The lowest BCUT2D eigenvalue weighted by molar-refractivity contribution is 0.184. The van der Waals surface area contributed by atoms with Gasteiger partial charge in [-0.05, 0) is 52.4 Å². The molecule has 2 unspecified atom stereocenters. The number of rotatable bonds is 8. The molecule has 1 aromatic carbocycles. The van der Waals surface area contributed by atoms with Crippen LogP contribution in [0.2, 0.25) is 0 Å². The maximum atomic E-state index is 13.8. The van der Waals surface area contributed by atoms with Crippen molar-refractivity contribution in [2.75, 3.05) is 20.1 Å². The summed E-state index contributed by atoms with van der Waals surface area (Å²) in [5, 5.41) is 3.46. The molecular weight excluding hydrogens is 251 g/mol. The summed E-state index contributed by atoms with van der Waals surface area (Å²) in [5.74, 6) is 0.567. The Kier molecular flexibility index (Phi) is 7.17. The van der Waals surface area contributed by atoms with Gasteiger partial charge in [0, 0.05) is 17.6 Å². The first-order valence-electron chi connectivity index (χ1n) is 7.60. The van der Waals surface area contributed by atoms with Gasteiger partial charge in [0.2, 0.25) is 0 Å². The van der Waals surface area contributed by atoms with E-state index >= 15 is 0 Å². The molecule has 0 fully saturated rings. The Morgan fingerprint density at radius 1 is 1.15 bits per heavy atom. The zero-order chi connectivity index (χ0) is 15.1. The summed E-state index contributed by atoms with van der Waals surface area (Å²) in [6.45, 7) is 10.8. The third-order valence-electron chi connectivity index (χ3n) is 3.95. The molecule has 0 saturated carbocycles. The minimum Gasteiger partial charge on any atom is -0.316 e. The second kappa shape index (κ2) is 8.38. The van der Waals surface area contributed by atoms with E-state index < -0.39 is 0 Å². The molecule has 1 N–H and O–H groups in total. The number of hydrogen-bond donors (Lipinski definition) is 1. The number of nitrogens with zero attached hydrogens (tertiary/aromatic N) is 1. The van der Waals surface area contributed by atoms with Crippen LogP contribution in [0, 0.1) is 11.7 Å². The molecule has 114 valence electrons. The smallest absolute Gasteiger partial charge is 0.127 e. The zero-order valence-electron chi connectivity index (χ0n) is 13.5. The van der Waals surface area contributed by atoms with Crippen LogP contribution in [0.3, 0.4) is 0 Å². The Bertz CT molecular complexity index is 392. The van der Waals surface area contributed by atoms with Crippen molar-refractivity contribution in [2.24, 2.45) is 5.92 Å². The van der Waals surface area contributed by atoms with Crippen LogP contribution in [-0.2, 0) is 0 Å². The number of halogens is 1. The molecule has 20 heavy (non-hydrogen) atoms. The molecule has 1 aromatic rings. The van der Waals surface area contributed by atoms with E-state index in [0.29, 0.717) is 12.0 Å². The van der Waals surface area contributed by atoms with Gasteiger partial charge in [-0.25, -0.2) is 4.39 Å². The number of nitrogens with one attached hydrogen (secondary N) is 1. The highest BCUT2D eigenvalue weighted by Crippen LogP contribution is 2.23. The first-order chi connectivity index (χ1) is 9.43. The van der Waals surface area contributed by atoms with E-state index in [0.717, 1.165) is 25.1 Å². The molecule has 3 heteroatoms. The molecule has 0 aliphatic heterocycles. The van der Waals surface area contributed by atoms with Crippen LogP contribution in [-0.4, -0.2) is 31.1 Å². The summed E-state index contributed by atoms with van der Waals surface area (Å²) in [4.78, 5) is 2.25. The van der Waals surface area contributed by atoms with E-state index in [1.54, 1.807) is 6.07 Å². The third-order valence-corrected chi connectivity index (χ3v) is 3.95. The monoisotopic (exact) mass is 280 g/mol. The van der Waals surface area contributed by atoms with Gasteiger partial charge in [-0.2, -0.15) is 0 Å². The van der Waals surface area contributed by atoms with E-state index in [9.17, 15) is 4.39 Å². The molecular formula is C17H29FN2. The van der Waals surface area contributed by atoms with Crippen molar-refractivity contribution in [3.8, 4) is 0 Å². The van der Waals surface area contributed by atoms with Gasteiger partial charge in [-0.1, -0.05) is 32.0 Å². The van der Waals surface area contributed by atoms with Crippen molar-refractivity contribution in [3.05, 3.63) is 35.6 Å². The molecule has 2 atom stereocenters. The Morgan fingerprint density at radius 3 is 2.40 bits per heavy atom. The molecule has 0 spiro atoms. The highest BCUT2D eigenvalue weighted by atomic mass is 19.1. The van der Waals surface area contributed by atoms with E-state index in [2.05, 4.69) is 45.0 Å². The van der Waals surface area contributed by atoms with E-state index in [1.165, 1.54) is 6.07 Å². The summed E-state index contributed by atoms with van der Waals surface area (Å²) in [5.41, 5.74) is 0.775. The predicted octanol–water partition coefficient (Wildman–Crippen LogP) is 3.84. The van der Waals surface area contributed by atoms with Crippen molar-refractivity contribution in [1.82, 2.24) is 10.2 Å². The van der Waals surface area contributed by atoms with Crippen molar-refractivity contribution in [2.45, 2.75) is 46.2 Å². The topological polar surface area (TPSA) is 15.3 Å². The van der Waals surface area contributed by atoms with Gasteiger partial charge in [-0.15, -0.1) is 0 Å². The second-order valence-electron chi connectivity index (χ2n) is 6.10. The molecule has 0 aliphatic rings. The SMILES string of the molecule is CC(C)CNCCC(C)N(C)C(C)c1ccccc1F. The molecule has 1 rings (SSSR count). The van der Waals surface area contributed by atoms with E-state index in [-0.39, 0.29) is 11.9 Å². The highest BCUT2D eigenvalue weighted by Gasteiger charge is 2.19. The lowest BCUT2D eigenvalue weighted by Gasteiger charge is -2.31. The summed E-state index contributed by atoms with van der Waals surface area (Å²) >= 11 is 0. The average molecular weight is 280 g/mol. The van der Waals surface area contributed by atoms with Gasteiger partial charge in [-0.3, -0.25) is 4.90 Å². The third kappa shape index (κ3) is 5.22. The molecule has 0 aliphatic carbocycles. The standard InChI is InChI=1S/C17H29FN2/c1-13(2)12-19-11-10-14(3)20(5)15(4)16-8-6-7-9-17(16)18/h6-9,13-15,19H,10-12H2,1-5H3. The van der Waals surface area contributed by atoms with Crippen LogP contribution in [0.25, 0.3) is 0 Å². The molecule has 0 aromatic heterocycles. The lowest BCUT2D eigenvalue weighted by atomic mass is 10.0. The van der Waals surface area contributed by atoms with Crippen LogP contribution >= 0.6 is 0 Å². The fourth-order valence-electron chi connectivity index (χ4n) is 2.32. The summed E-state index contributed by atoms with van der Waals surface area (Å²) in [6.07, 6.45) is 1.07. The van der Waals surface area contributed by atoms with Crippen LogP contribution in [0.15, 0.2) is 24.3 Å². The van der Waals surface area contributed by atoms with Gasteiger partial charge in [0.25, 0.3) is 0 Å². The first kappa shape index (κ1) is 17.1. The fraction of sp³-hybridized carbons (Fsp3) is 0.647. The van der Waals surface area contributed by atoms with Gasteiger partial charge in [0.05, 0.1) is 0 Å². The van der Waals surface area contributed by atoms with Crippen LogP contribution < -0.4 is 5.32 Å². The van der Waals surface area contributed by atoms with Gasteiger partial charge < -0.3 is 5.32 Å². The lowest BCUT2D eigenvalue weighted by Crippen LogP contribution is -2.35. The van der Waals surface area contributed by atoms with Gasteiger partial charge in [0.1, 0.15) is 5.82 Å².